The molecule has 78 heavy (non-hydrogen) atoms. The third-order valence-electron chi connectivity index (χ3n) is 15.2. The van der Waals surface area contributed by atoms with Gasteiger partial charge in [-0.25, -0.2) is 0 Å². The highest BCUT2D eigenvalue weighted by atomic mass is 16.6. The Morgan fingerprint density at radius 2 is 0.526 bits per heavy atom. The summed E-state index contributed by atoms with van der Waals surface area (Å²) in [6, 6.07) is 0. The van der Waals surface area contributed by atoms with E-state index in [4.69, 9.17) is 14.2 Å². The third-order valence-corrected chi connectivity index (χ3v) is 15.2. The van der Waals surface area contributed by atoms with Gasteiger partial charge in [-0.05, 0) is 77.0 Å². The first-order valence-corrected chi connectivity index (χ1v) is 34.3. The van der Waals surface area contributed by atoms with Gasteiger partial charge in [0.2, 0.25) is 0 Å². The molecule has 0 aliphatic rings. The molecular formula is C72H130O6. The number of allylic oxidation sites excluding steroid dienone is 10. The topological polar surface area (TPSA) is 78.9 Å². The lowest BCUT2D eigenvalue weighted by Gasteiger charge is -2.18. The van der Waals surface area contributed by atoms with Crippen molar-refractivity contribution in [2.45, 2.75) is 367 Å². The van der Waals surface area contributed by atoms with Crippen molar-refractivity contribution >= 4 is 17.9 Å². The fourth-order valence-electron chi connectivity index (χ4n) is 10.1. The summed E-state index contributed by atoms with van der Waals surface area (Å²) in [6.07, 6.45) is 85.6. The van der Waals surface area contributed by atoms with Crippen molar-refractivity contribution < 1.29 is 28.6 Å². The highest BCUT2D eigenvalue weighted by Crippen LogP contribution is 2.18. The number of rotatable bonds is 63. The Morgan fingerprint density at radius 3 is 0.833 bits per heavy atom. The highest BCUT2D eigenvalue weighted by Gasteiger charge is 2.19. The first-order valence-electron chi connectivity index (χ1n) is 34.3. The molecule has 0 amide bonds. The normalized spacial score (nSPS) is 12.4. The van der Waals surface area contributed by atoms with Gasteiger partial charge in [-0.15, -0.1) is 0 Å². The molecule has 0 aromatic rings. The minimum absolute atomic E-state index is 0.0832. The standard InChI is InChI=1S/C72H130O6/c1-4-7-10-13-16-19-22-25-27-28-29-30-31-32-33-34-35-36-37-38-39-40-41-42-43-45-47-50-53-56-59-62-65-71(74)77-68-69(67-76-70(73)64-61-58-55-52-49-46-24-21-18-15-12-9-6-3)78-72(75)66-63-60-57-54-51-48-44-26-23-20-17-14-11-8-5-2/h8,11-12,15,17,20-21,24,26,44,69H,4-7,9-10,13-14,16,18-19,22-23,25,27-43,45-68H2,1-3H3/b11-8-,15-12-,20-17-,24-21-,44-26-. The molecule has 6 heteroatoms. The Hall–Kier alpha value is -2.89. The van der Waals surface area contributed by atoms with Crippen LogP contribution >= 0.6 is 0 Å². The number of esters is 3. The van der Waals surface area contributed by atoms with Crippen molar-refractivity contribution in [1.29, 1.82) is 0 Å². The Labute approximate surface area is 485 Å². The minimum Gasteiger partial charge on any atom is -0.462 e. The molecule has 0 bridgehead atoms. The van der Waals surface area contributed by atoms with E-state index in [1.807, 2.05) is 0 Å². The zero-order valence-electron chi connectivity index (χ0n) is 52.2. The summed E-state index contributed by atoms with van der Waals surface area (Å²) in [5.41, 5.74) is 0. The molecule has 0 saturated heterocycles. The summed E-state index contributed by atoms with van der Waals surface area (Å²) in [4.78, 5) is 38.3. The lowest BCUT2D eigenvalue weighted by atomic mass is 10.0. The quantitative estimate of drug-likeness (QED) is 0.0261. The molecule has 0 N–H and O–H groups in total. The molecule has 1 unspecified atom stereocenters. The van der Waals surface area contributed by atoms with Gasteiger partial charge >= 0.3 is 17.9 Å². The van der Waals surface area contributed by atoms with Crippen molar-refractivity contribution in [1.82, 2.24) is 0 Å². The van der Waals surface area contributed by atoms with Gasteiger partial charge in [0.15, 0.2) is 6.10 Å². The van der Waals surface area contributed by atoms with Crippen LogP contribution < -0.4 is 0 Å². The second kappa shape index (κ2) is 66.6. The molecule has 0 aliphatic heterocycles. The van der Waals surface area contributed by atoms with Crippen LogP contribution in [0.1, 0.15) is 361 Å². The largest absolute Gasteiger partial charge is 0.462 e. The molecule has 0 radical (unpaired) electrons. The fourth-order valence-corrected chi connectivity index (χ4v) is 10.1. The summed E-state index contributed by atoms with van der Waals surface area (Å²) >= 11 is 0. The molecule has 454 valence electrons. The Bertz CT molecular complexity index is 1390. The number of hydrogen-bond donors (Lipinski definition) is 0. The van der Waals surface area contributed by atoms with Crippen molar-refractivity contribution in [3.8, 4) is 0 Å². The molecule has 1 atom stereocenters. The Morgan fingerprint density at radius 1 is 0.269 bits per heavy atom. The number of hydrogen-bond acceptors (Lipinski definition) is 6. The van der Waals surface area contributed by atoms with Gasteiger partial charge in [0.1, 0.15) is 13.2 Å². The molecule has 6 nitrogen and oxygen atoms in total. The van der Waals surface area contributed by atoms with E-state index >= 15 is 0 Å². The zero-order valence-corrected chi connectivity index (χ0v) is 52.2. The summed E-state index contributed by atoms with van der Waals surface area (Å²) in [5.74, 6) is -0.898. The highest BCUT2D eigenvalue weighted by molar-refractivity contribution is 5.71. The Balaban J connectivity index is 4.11. The van der Waals surface area contributed by atoms with Gasteiger partial charge in [0, 0.05) is 19.3 Å². The summed E-state index contributed by atoms with van der Waals surface area (Å²) in [7, 11) is 0. The molecule has 0 aromatic heterocycles. The van der Waals surface area contributed by atoms with E-state index in [9.17, 15) is 14.4 Å². The lowest BCUT2D eigenvalue weighted by Crippen LogP contribution is -2.30. The van der Waals surface area contributed by atoms with Crippen LogP contribution in [0.25, 0.3) is 0 Å². The Kier molecular flexibility index (Phi) is 64.2. The average Bonchev–Trinajstić information content (AvgIpc) is 3.44. The van der Waals surface area contributed by atoms with Gasteiger partial charge in [-0.1, -0.05) is 326 Å². The lowest BCUT2D eigenvalue weighted by molar-refractivity contribution is -0.167. The number of carbonyl (C=O) groups excluding carboxylic acids is 3. The molecule has 0 rings (SSSR count). The number of carbonyl (C=O) groups is 3. The van der Waals surface area contributed by atoms with E-state index < -0.39 is 6.10 Å². The van der Waals surface area contributed by atoms with E-state index in [0.29, 0.717) is 19.3 Å². The van der Waals surface area contributed by atoms with Gasteiger partial charge in [0.05, 0.1) is 0 Å². The molecule has 0 aromatic carbocycles. The van der Waals surface area contributed by atoms with Gasteiger partial charge in [0.25, 0.3) is 0 Å². The molecule has 0 heterocycles. The maximum Gasteiger partial charge on any atom is 0.306 e. The van der Waals surface area contributed by atoms with Crippen LogP contribution in [0.3, 0.4) is 0 Å². The van der Waals surface area contributed by atoms with Gasteiger partial charge in [-0.2, -0.15) is 0 Å². The second-order valence-corrected chi connectivity index (χ2v) is 23.1. The van der Waals surface area contributed by atoms with Crippen molar-refractivity contribution in [3.63, 3.8) is 0 Å². The van der Waals surface area contributed by atoms with Crippen LogP contribution in [0.5, 0.6) is 0 Å². The van der Waals surface area contributed by atoms with Crippen molar-refractivity contribution in [2.24, 2.45) is 0 Å². The average molecular weight is 1090 g/mol. The van der Waals surface area contributed by atoms with E-state index in [0.717, 1.165) is 122 Å². The summed E-state index contributed by atoms with van der Waals surface area (Å²) in [5, 5.41) is 0. The van der Waals surface area contributed by atoms with Crippen LogP contribution in [0.15, 0.2) is 60.8 Å². The molecule has 0 aliphatic carbocycles. The first-order chi connectivity index (χ1) is 38.5. The molecule has 0 fully saturated rings. The van der Waals surface area contributed by atoms with Crippen LogP contribution in [0.4, 0.5) is 0 Å². The van der Waals surface area contributed by atoms with Crippen molar-refractivity contribution in [3.05, 3.63) is 60.8 Å². The SMILES string of the molecule is CC/C=C\C/C=C\C/C=C\CCCCCCCC(=O)OC(COC(=O)CCCCCCC/C=C\C/C=C\CCC)COC(=O)CCCCCCCCCCCCCCCCCCCCCCCCCCCCCCCCCC. The molecule has 0 saturated carbocycles. The monoisotopic (exact) mass is 1090 g/mol. The predicted octanol–water partition coefficient (Wildman–Crippen LogP) is 23.5. The van der Waals surface area contributed by atoms with Crippen LogP contribution in [-0.2, 0) is 28.6 Å². The fraction of sp³-hybridized carbons (Fsp3) is 0.819. The summed E-state index contributed by atoms with van der Waals surface area (Å²) in [6.45, 7) is 6.49. The maximum absolute atomic E-state index is 12.9. The second-order valence-electron chi connectivity index (χ2n) is 23.1. The predicted molar refractivity (Wildman–Crippen MR) is 339 cm³/mol. The molecular weight excluding hydrogens is 961 g/mol. The number of unbranched alkanes of at least 4 members (excludes halogenated alkanes) is 42. The third kappa shape index (κ3) is 63.9. The number of ether oxygens (including phenoxy) is 3. The van der Waals surface area contributed by atoms with Crippen LogP contribution in [-0.4, -0.2) is 37.2 Å². The first kappa shape index (κ1) is 75.1. The summed E-state index contributed by atoms with van der Waals surface area (Å²) < 4.78 is 16.9. The maximum atomic E-state index is 12.9. The zero-order chi connectivity index (χ0) is 56.4. The molecule has 0 spiro atoms. The van der Waals surface area contributed by atoms with E-state index in [1.165, 1.54) is 199 Å². The van der Waals surface area contributed by atoms with Gasteiger partial charge in [-0.3, -0.25) is 14.4 Å². The van der Waals surface area contributed by atoms with Gasteiger partial charge < -0.3 is 14.2 Å². The van der Waals surface area contributed by atoms with Crippen molar-refractivity contribution in [2.75, 3.05) is 13.2 Å². The van der Waals surface area contributed by atoms with E-state index in [-0.39, 0.29) is 31.1 Å². The van der Waals surface area contributed by atoms with Crippen LogP contribution in [0, 0.1) is 0 Å². The van der Waals surface area contributed by atoms with E-state index in [2.05, 4.69) is 81.5 Å². The van der Waals surface area contributed by atoms with Crippen LogP contribution in [0.2, 0.25) is 0 Å². The van der Waals surface area contributed by atoms with E-state index in [1.54, 1.807) is 0 Å². The minimum atomic E-state index is -0.789. The smallest absolute Gasteiger partial charge is 0.306 e.